The van der Waals surface area contributed by atoms with Gasteiger partial charge in [-0.05, 0) is 43.4 Å². The molecule has 0 spiro atoms. The predicted molar refractivity (Wildman–Crippen MR) is 109 cm³/mol. The predicted octanol–water partition coefficient (Wildman–Crippen LogP) is 3.70. The summed E-state index contributed by atoms with van der Waals surface area (Å²) >= 11 is 0. The van der Waals surface area contributed by atoms with Crippen molar-refractivity contribution >= 4 is 11.9 Å². The van der Waals surface area contributed by atoms with Crippen LogP contribution in [0.15, 0.2) is 24.3 Å². The molecule has 6 nitrogen and oxygen atoms in total. The number of benzene rings is 1. The Morgan fingerprint density at radius 3 is 2.53 bits per heavy atom. The second kappa shape index (κ2) is 11.1. The van der Waals surface area contributed by atoms with E-state index < -0.39 is 13.0 Å². The van der Waals surface area contributed by atoms with E-state index in [1.807, 2.05) is 4.90 Å². The summed E-state index contributed by atoms with van der Waals surface area (Å²) < 4.78 is 29.5. The van der Waals surface area contributed by atoms with Gasteiger partial charge < -0.3 is 20.3 Å². The van der Waals surface area contributed by atoms with Crippen LogP contribution in [0.5, 0.6) is 5.75 Å². The van der Waals surface area contributed by atoms with Crippen molar-refractivity contribution in [3.63, 3.8) is 0 Å². The van der Waals surface area contributed by atoms with Crippen molar-refractivity contribution in [2.45, 2.75) is 64.0 Å². The van der Waals surface area contributed by atoms with Gasteiger partial charge in [0.05, 0.1) is 0 Å². The molecule has 3 rings (SSSR count). The van der Waals surface area contributed by atoms with Crippen LogP contribution in [-0.2, 0) is 11.3 Å². The number of halogens is 2. The number of piperidine rings is 1. The number of hydrogen-bond acceptors (Lipinski definition) is 3. The van der Waals surface area contributed by atoms with Gasteiger partial charge >= 0.3 is 6.03 Å². The molecule has 2 N–H and O–H groups in total. The van der Waals surface area contributed by atoms with Gasteiger partial charge in [-0.15, -0.1) is 0 Å². The summed E-state index contributed by atoms with van der Waals surface area (Å²) in [6.07, 6.45) is 4.53. The maximum Gasteiger partial charge on any atom is 0.315 e. The quantitative estimate of drug-likeness (QED) is 0.703. The summed E-state index contributed by atoms with van der Waals surface area (Å²) in [5, 5.41) is 5.75. The highest BCUT2D eigenvalue weighted by atomic mass is 19.3. The molecule has 0 unspecified atom stereocenters. The number of hydrogen-bond donors (Lipinski definition) is 2. The molecule has 0 bridgehead atoms. The maximum absolute atomic E-state index is 12.6. The van der Waals surface area contributed by atoms with Crippen molar-refractivity contribution in [1.29, 1.82) is 0 Å². The highest BCUT2D eigenvalue weighted by molar-refractivity contribution is 5.79. The lowest BCUT2D eigenvalue weighted by atomic mass is 9.87. The van der Waals surface area contributed by atoms with Gasteiger partial charge in [-0.3, -0.25) is 4.79 Å². The lowest BCUT2D eigenvalue weighted by Crippen LogP contribution is -2.50. The third-order valence-corrected chi connectivity index (χ3v) is 5.82. The molecule has 0 radical (unpaired) electrons. The Bertz CT molecular complexity index is 703. The number of rotatable bonds is 7. The molecule has 8 heteroatoms. The van der Waals surface area contributed by atoms with E-state index in [1.165, 1.54) is 6.42 Å². The van der Waals surface area contributed by atoms with Crippen LogP contribution in [0.25, 0.3) is 0 Å². The Kier molecular flexibility index (Phi) is 8.28. The molecular formula is C22H31F2N3O3. The highest BCUT2D eigenvalue weighted by Crippen LogP contribution is 2.26. The molecule has 0 aromatic heterocycles. The number of amides is 3. The Morgan fingerprint density at radius 2 is 1.83 bits per heavy atom. The van der Waals surface area contributed by atoms with Gasteiger partial charge in [-0.2, -0.15) is 0 Å². The van der Waals surface area contributed by atoms with Gasteiger partial charge in [-0.25, -0.2) is 13.6 Å². The molecule has 1 aromatic rings. The van der Waals surface area contributed by atoms with Gasteiger partial charge in [0, 0.05) is 31.6 Å². The van der Waals surface area contributed by atoms with Crippen molar-refractivity contribution in [2.24, 2.45) is 5.92 Å². The first-order valence-corrected chi connectivity index (χ1v) is 10.8. The summed E-state index contributed by atoms with van der Waals surface area (Å²) in [6.45, 7) is 0.990. The Hall–Kier alpha value is -2.38. The third-order valence-electron chi connectivity index (χ3n) is 5.82. The van der Waals surface area contributed by atoms with Gasteiger partial charge in [0.25, 0.3) is 6.43 Å². The van der Waals surface area contributed by atoms with Crippen molar-refractivity contribution < 1.29 is 23.1 Å². The lowest BCUT2D eigenvalue weighted by Gasteiger charge is -2.35. The summed E-state index contributed by atoms with van der Waals surface area (Å²) in [4.78, 5) is 26.8. The minimum absolute atomic E-state index is 0.0427. The average molecular weight is 424 g/mol. The van der Waals surface area contributed by atoms with E-state index >= 15 is 0 Å². The molecule has 1 aromatic carbocycles. The molecule has 2 aliphatic rings. The van der Waals surface area contributed by atoms with E-state index in [4.69, 9.17) is 4.74 Å². The zero-order valence-corrected chi connectivity index (χ0v) is 17.2. The highest BCUT2D eigenvalue weighted by Gasteiger charge is 2.29. The Labute approximate surface area is 176 Å². The van der Waals surface area contributed by atoms with Crippen molar-refractivity contribution in [1.82, 2.24) is 15.5 Å². The fraction of sp³-hybridized carbons (Fsp3) is 0.636. The van der Waals surface area contributed by atoms with Crippen LogP contribution in [0.3, 0.4) is 0 Å². The summed E-state index contributed by atoms with van der Waals surface area (Å²) in [5.41, 5.74) is 0.768. The number of urea groups is 1. The number of alkyl halides is 2. The second-order valence-corrected chi connectivity index (χ2v) is 8.11. The molecule has 30 heavy (non-hydrogen) atoms. The zero-order chi connectivity index (χ0) is 21.3. The zero-order valence-electron chi connectivity index (χ0n) is 17.2. The average Bonchev–Trinajstić information content (AvgIpc) is 2.77. The first-order chi connectivity index (χ1) is 14.5. The molecule has 166 valence electrons. The fourth-order valence-corrected chi connectivity index (χ4v) is 4.18. The molecule has 1 heterocycles. The third kappa shape index (κ3) is 6.85. The number of carbonyl (C=O) groups excluding carboxylic acids is 2. The van der Waals surface area contributed by atoms with Gasteiger partial charge in [0.15, 0.2) is 0 Å². The first-order valence-electron chi connectivity index (χ1n) is 10.8. The van der Waals surface area contributed by atoms with Gasteiger partial charge in [0.2, 0.25) is 5.91 Å². The fourth-order valence-electron chi connectivity index (χ4n) is 4.18. The number of ether oxygens (including phenoxy) is 1. The maximum atomic E-state index is 12.6. The minimum Gasteiger partial charge on any atom is -0.488 e. The summed E-state index contributed by atoms with van der Waals surface area (Å²) in [5.74, 6) is 0.823. The molecular weight excluding hydrogens is 392 g/mol. The molecule has 1 aliphatic carbocycles. The molecule has 1 saturated heterocycles. The van der Waals surface area contributed by atoms with E-state index in [1.54, 1.807) is 24.3 Å². The Balaban J connectivity index is 1.37. The van der Waals surface area contributed by atoms with Crippen LogP contribution < -0.4 is 15.4 Å². The summed E-state index contributed by atoms with van der Waals surface area (Å²) in [7, 11) is 0. The molecule has 2 fully saturated rings. The van der Waals surface area contributed by atoms with Gasteiger partial charge in [-0.1, -0.05) is 31.4 Å². The second-order valence-electron chi connectivity index (χ2n) is 8.11. The topological polar surface area (TPSA) is 70.7 Å². The normalized spacial score (nSPS) is 18.3. The van der Waals surface area contributed by atoms with E-state index in [2.05, 4.69) is 10.6 Å². The van der Waals surface area contributed by atoms with Crippen LogP contribution in [0, 0.1) is 5.92 Å². The monoisotopic (exact) mass is 423 g/mol. The largest absolute Gasteiger partial charge is 0.488 e. The SMILES string of the molecule is O=C(NCc1cccc(OCC(F)F)c1)NC1CCN(C(=O)C2CCCCC2)CC1. The van der Waals surface area contributed by atoms with E-state index in [-0.39, 0.29) is 30.4 Å². The lowest BCUT2D eigenvalue weighted by molar-refractivity contribution is -0.137. The standard InChI is InChI=1S/C22H31F2N3O3/c23-20(24)15-30-19-8-4-5-16(13-19)14-25-22(29)26-18-9-11-27(12-10-18)21(28)17-6-2-1-3-7-17/h4-5,8,13,17-18,20H,1-3,6-7,9-12,14-15H2,(H2,25,26,29). The van der Waals surface area contributed by atoms with Crippen molar-refractivity contribution in [2.75, 3.05) is 19.7 Å². The van der Waals surface area contributed by atoms with E-state index in [0.717, 1.165) is 44.1 Å². The molecule has 1 saturated carbocycles. The smallest absolute Gasteiger partial charge is 0.315 e. The van der Waals surface area contributed by atoms with Crippen LogP contribution in [-0.4, -0.2) is 49.0 Å². The van der Waals surface area contributed by atoms with Crippen LogP contribution in [0.1, 0.15) is 50.5 Å². The Morgan fingerprint density at radius 1 is 1.10 bits per heavy atom. The first kappa shape index (κ1) is 22.3. The molecule has 1 aliphatic heterocycles. The van der Waals surface area contributed by atoms with Crippen LogP contribution in [0.2, 0.25) is 0 Å². The van der Waals surface area contributed by atoms with Gasteiger partial charge in [0.1, 0.15) is 12.4 Å². The number of nitrogens with zero attached hydrogens (tertiary/aromatic N) is 1. The number of carbonyl (C=O) groups is 2. The van der Waals surface area contributed by atoms with Crippen molar-refractivity contribution in [3.05, 3.63) is 29.8 Å². The van der Waals surface area contributed by atoms with E-state index in [9.17, 15) is 18.4 Å². The van der Waals surface area contributed by atoms with Crippen LogP contribution >= 0.6 is 0 Å². The van der Waals surface area contributed by atoms with Crippen molar-refractivity contribution in [3.8, 4) is 5.75 Å². The van der Waals surface area contributed by atoms with E-state index in [0.29, 0.717) is 18.8 Å². The summed E-state index contributed by atoms with van der Waals surface area (Å²) in [6, 6.07) is 6.51. The number of likely N-dealkylation sites (tertiary alicyclic amines) is 1. The molecule has 3 amide bonds. The molecule has 0 atom stereocenters. The van der Waals surface area contributed by atoms with Crippen LogP contribution in [0.4, 0.5) is 13.6 Å². The number of nitrogens with one attached hydrogen (secondary N) is 2. The minimum atomic E-state index is -2.53.